The van der Waals surface area contributed by atoms with Crippen LogP contribution in [0.25, 0.3) is 0 Å². The molecule has 0 unspecified atom stereocenters. The number of rotatable bonds is 4. The molecule has 41 heavy (non-hydrogen) atoms. The Bertz CT molecular complexity index is 1500. The Balaban J connectivity index is 1.14. The predicted octanol–water partition coefficient (Wildman–Crippen LogP) is 3.88. The molecule has 4 aliphatic heterocycles. The molecule has 1 N–H and O–H groups in total. The lowest BCUT2D eigenvalue weighted by Crippen LogP contribution is -2.49. The lowest BCUT2D eigenvalue weighted by atomic mass is 9.79. The third-order valence-corrected chi connectivity index (χ3v) is 8.84. The van der Waals surface area contributed by atoms with Crippen molar-refractivity contribution in [2.24, 2.45) is 10.4 Å². The third kappa shape index (κ3) is 5.01. The smallest absolute Gasteiger partial charge is 0.322 e. The number of nitriles is 1. The minimum absolute atomic E-state index is 0.0771. The van der Waals surface area contributed by atoms with Crippen LogP contribution in [0.15, 0.2) is 46.6 Å². The molecule has 0 radical (unpaired) electrons. The molecular weight excluding hydrogens is 518 g/mol. The van der Waals surface area contributed by atoms with Gasteiger partial charge in [0.25, 0.3) is 5.91 Å². The Labute approximate surface area is 240 Å². The molecule has 1 fully saturated rings. The molecule has 1 aromatic heterocycles. The second kappa shape index (κ2) is 10.5. The number of piperidine rings is 1. The summed E-state index contributed by atoms with van der Waals surface area (Å²) in [5, 5.41) is 12.9. The van der Waals surface area contributed by atoms with E-state index in [2.05, 4.69) is 40.1 Å². The molecule has 0 saturated carbocycles. The van der Waals surface area contributed by atoms with Crippen molar-refractivity contribution < 1.29 is 14.3 Å². The second-order valence-corrected chi connectivity index (χ2v) is 11.8. The number of urea groups is 1. The van der Waals surface area contributed by atoms with Crippen molar-refractivity contribution in [3.63, 3.8) is 0 Å². The van der Waals surface area contributed by atoms with Crippen molar-refractivity contribution in [1.82, 2.24) is 14.8 Å². The van der Waals surface area contributed by atoms with Crippen LogP contribution >= 0.6 is 0 Å². The number of aromatic nitrogens is 1. The number of hydrogen-bond acceptors (Lipinski definition) is 7. The number of ether oxygens (including phenoxy) is 1. The van der Waals surface area contributed by atoms with Gasteiger partial charge in [-0.05, 0) is 60.2 Å². The summed E-state index contributed by atoms with van der Waals surface area (Å²) in [7, 11) is 1.64. The van der Waals surface area contributed by atoms with Crippen molar-refractivity contribution in [3.05, 3.63) is 58.3 Å². The highest BCUT2D eigenvalue weighted by molar-refractivity contribution is 5.98. The number of amides is 3. The van der Waals surface area contributed by atoms with Crippen LogP contribution < -0.4 is 15.0 Å². The summed E-state index contributed by atoms with van der Waals surface area (Å²) in [4.78, 5) is 41.8. The van der Waals surface area contributed by atoms with E-state index in [0.717, 1.165) is 41.8 Å². The molecule has 3 amide bonds. The summed E-state index contributed by atoms with van der Waals surface area (Å²) >= 11 is 0. The zero-order valence-corrected chi connectivity index (χ0v) is 23.8. The average Bonchev–Trinajstić information content (AvgIpc) is 3.41. The lowest BCUT2D eigenvalue weighted by molar-refractivity contribution is 0.0706. The van der Waals surface area contributed by atoms with Gasteiger partial charge in [-0.3, -0.25) is 9.79 Å². The summed E-state index contributed by atoms with van der Waals surface area (Å²) in [6.45, 7) is 8.10. The fourth-order valence-electron chi connectivity index (χ4n) is 6.55. The zero-order chi connectivity index (χ0) is 28.7. The Morgan fingerprint density at radius 3 is 2.76 bits per heavy atom. The third-order valence-electron chi connectivity index (χ3n) is 8.84. The van der Waals surface area contributed by atoms with E-state index in [1.54, 1.807) is 13.2 Å². The van der Waals surface area contributed by atoms with Crippen LogP contribution in [0, 0.1) is 16.7 Å². The Hall–Kier alpha value is -4.39. The normalized spacial score (nSPS) is 20.2. The lowest BCUT2D eigenvalue weighted by Gasteiger charge is -2.39. The van der Waals surface area contributed by atoms with Crippen LogP contribution in [-0.2, 0) is 6.42 Å². The summed E-state index contributed by atoms with van der Waals surface area (Å²) in [6, 6.07) is 9.70. The number of carbonyl (C=O) groups excluding carboxylic acids is 2. The molecule has 212 valence electrons. The first-order valence-electron chi connectivity index (χ1n) is 14.2. The first-order chi connectivity index (χ1) is 19.8. The van der Waals surface area contributed by atoms with Crippen LogP contribution in [0.5, 0.6) is 5.75 Å². The van der Waals surface area contributed by atoms with Crippen molar-refractivity contribution in [2.75, 3.05) is 56.6 Å². The van der Waals surface area contributed by atoms with E-state index in [-0.39, 0.29) is 29.0 Å². The number of anilines is 2. The zero-order valence-electron chi connectivity index (χ0n) is 23.8. The largest absolute Gasteiger partial charge is 0.497 e. The number of pyridine rings is 1. The summed E-state index contributed by atoms with van der Waals surface area (Å²) < 4.78 is 5.36. The second-order valence-electron chi connectivity index (χ2n) is 11.8. The van der Waals surface area contributed by atoms with Gasteiger partial charge in [-0.2, -0.15) is 5.26 Å². The number of carbonyl (C=O) groups is 2. The molecule has 0 aliphatic carbocycles. The maximum Gasteiger partial charge on any atom is 0.322 e. The van der Waals surface area contributed by atoms with E-state index in [1.165, 1.54) is 11.8 Å². The molecule has 4 aliphatic rings. The monoisotopic (exact) mass is 553 g/mol. The van der Waals surface area contributed by atoms with Crippen molar-refractivity contribution >= 4 is 29.7 Å². The fraction of sp³-hybridized carbons (Fsp3) is 0.452. The molecule has 10 heteroatoms. The van der Waals surface area contributed by atoms with Gasteiger partial charge in [-0.1, -0.05) is 13.8 Å². The summed E-state index contributed by atoms with van der Waals surface area (Å²) in [6.07, 6.45) is 5.72. The van der Waals surface area contributed by atoms with E-state index in [9.17, 15) is 14.9 Å². The molecule has 2 aromatic rings. The SMILES string of the molecule is COc1ccc2c(c1)CCN(C1CCN(c3cc(C(=O)N4CC5=C(CN=C5)C(C)(C)C4)c(C#N)cn3)CC1)C(=O)N2. The van der Waals surface area contributed by atoms with Crippen molar-refractivity contribution in [3.8, 4) is 11.8 Å². The molecule has 5 heterocycles. The molecule has 1 saturated heterocycles. The molecule has 0 atom stereocenters. The van der Waals surface area contributed by atoms with Gasteiger partial charge in [0.05, 0.1) is 24.8 Å². The van der Waals surface area contributed by atoms with Crippen molar-refractivity contribution in [1.29, 1.82) is 5.26 Å². The standard InChI is InChI=1S/C31H35N7O3/c1-31(2)19-37(18-22-15-33-17-26(22)31)29(39)25-13-28(34-16-21(25)14-32)36-9-7-23(8-10-36)38-11-6-20-12-24(41-3)4-5-27(20)35-30(38)40/h4-5,12-13,15-16,23H,6-11,17-19H2,1-3H3,(H,35,40). The molecule has 0 bridgehead atoms. The number of hydrogen-bond donors (Lipinski definition) is 1. The number of nitrogens with one attached hydrogen (secondary N) is 1. The summed E-state index contributed by atoms with van der Waals surface area (Å²) in [5.74, 6) is 1.31. The van der Waals surface area contributed by atoms with Crippen LogP contribution in [0.2, 0.25) is 0 Å². The highest BCUT2D eigenvalue weighted by Crippen LogP contribution is 2.37. The number of nitrogens with zero attached hydrogens (tertiary/aromatic N) is 6. The van der Waals surface area contributed by atoms with Gasteiger partial charge in [-0.15, -0.1) is 0 Å². The van der Waals surface area contributed by atoms with E-state index >= 15 is 0 Å². The van der Waals surface area contributed by atoms with Gasteiger partial charge in [-0.25, -0.2) is 9.78 Å². The van der Waals surface area contributed by atoms with Gasteiger partial charge >= 0.3 is 6.03 Å². The molecule has 10 nitrogen and oxygen atoms in total. The van der Waals surface area contributed by atoms with Crippen LogP contribution in [0.1, 0.15) is 48.2 Å². The first-order valence-corrected chi connectivity index (χ1v) is 14.2. The minimum atomic E-state index is -0.169. The highest BCUT2D eigenvalue weighted by atomic mass is 16.5. The van der Waals surface area contributed by atoms with E-state index in [0.29, 0.717) is 50.6 Å². The van der Waals surface area contributed by atoms with Crippen LogP contribution in [-0.4, -0.2) is 85.4 Å². The van der Waals surface area contributed by atoms with Crippen LogP contribution in [0.4, 0.5) is 16.3 Å². The first kappa shape index (κ1) is 26.8. The number of methoxy groups -OCH3 is 1. The Morgan fingerprint density at radius 1 is 1.20 bits per heavy atom. The van der Waals surface area contributed by atoms with E-state index < -0.39 is 0 Å². The molecule has 1 aromatic carbocycles. The van der Waals surface area contributed by atoms with Gasteiger partial charge in [0.15, 0.2) is 0 Å². The van der Waals surface area contributed by atoms with Gasteiger partial charge in [0.2, 0.25) is 0 Å². The predicted molar refractivity (Wildman–Crippen MR) is 157 cm³/mol. The maximum atomic E-state index is 13.8. The molecular formula is C31H35N7O3. The van der Waals surface area contributed by atoms with E-state index in [4.69, 9.17) is 4.74 Å². The fourth-order valence-corrected chi connectivity index (χ4v) is 6.55. The minimum Gasteiger partial charge on any atom is -0.497 e. The molecule has 0 spiro atoms. The number of fused-ring (bicyclic) bond motifs is 1. The summed E-state index contributed by atoms with van der Waals surface area (Å²) in [5.41, 5.74) is 4.79. The van der Waals surface area contributed by atoms with Gasteiger partial charge in [0, 0.05) is 62.3 Å². The highest BCUT2D eigenvalue weighted by Gasteiger charge is 2.38. The quantitative estimate of drug-likeness (QED) is 0.615. The Morgan fingerprint density at radius 2 is 2.00 bits per heavy atom. The molecule has 6 rings (SSSR count). The average molecular weight is 554 g/mol. The van der Waals surface area contributed by atoms with Gasteiger partial charge < -0.3 is 24.8 Å². The number of benzene rings is 1. The number of aliphatic imine (C=N–C) groups is 1. The Kier molecular flexibility index (Phi) is 6.89. The van der Waals surface area contributed by atoms with Crippen LogP contribution in [0.3, 0.4) is 0 Å². The van der Waals surface area contributed by atoms with Gasteiger partial charge in [0.1, 0.15) is 17.6 Å². The topological polar surface area (TPSA) is 114 Å². The van der Waals surface area contributed by atoms with Crippen molar-refractivity contribution in [2.45, 2.75) is 39.2 Å². The van der Waals surface area contributed by atoms with E-state index in [1.807, 2.05) is 34.2 Å². The maximum absolute atomic E-state index is 13.8.